The Morgan fingerprint density at radius 1 is 1.39 bits per heavy atom. The third-order valence-corrected chi connectivity index (χ3v) is 2.95. The van der Waals surface area contributed by atoms with Crippen LogP contribution in [0, 0.1) is 5.92 Å². The van der Waals surface area contributed by atoms with Crippen LogP contribution in [0.2, 0.25) is 0 Å². The quantitative estimate of drug-likeness (QED) is 0.658. The van der Waals surface area contributed by atoms with Crippen LogP contribution >= 0.6 is 12.4 Å². The van der Waals surface area contributed by atoms with Crippen molar-refractivity contribution in [3.8, 4) is 0 Å². The molecule has 2 N–H and O–H groups in total. The number of halogens is 1. The summed E-state index contributed by atoms with van der Waals surface area (Å²) >= 11 is 0. The Morgan fingerprint density at radius 3 is 2.50 bits per heavy atom. The molecule has 5 heteroatoms. The second-order valence-corrected chi connectivity index (χ2v) is 4.92. The highest BCUT2D eigenvalue weighted by Crippen LogP contribution is 2.03. The first-order valence-corrected chi connectivity index (χ1v) is 6.56. The van der Waals surface area contributed by atoms with Crippen LogP contribution in [0.4, 0.5) is 0 Å². The molecule has 0 rings (SSSR count). The van der Waals surface area contributed by atoms with Crippen molar-refractivity contribution in [3.63, 3.8) is 0 Å². The Morgan fingerprint density at radius 2 is 2.00 bits per heavy atom. The lowest BCUT2D eigenvalue weighted by molar-refractivity contribution is -0.134. The van der Waals surface area contributed by atoms with E-state index in [0.717, 1.165) is 19.3 Å². The zero-order valence-electron chi connectivity index (χ0n) is 12.1. The number of rotatable bonds is 9. The summed E-state index contributed by atoms with van der Waals surface area (Å²) in [4.78, 5) is 13.4. The normalized spacial score (nSPS) is 12.1. The first kappa shape index (κ1) is 20.0. The average molecular weight is 281 g/mol. The van der Waals surface area contributed by atoms with Gasteiger partial charge in [0.05, 0.1) is 0 Å². The van der Waals surface area contributed by atoms with E-state index >= 15 is 0 Å². The molecular formula is C13H29ClN2O2. The molecule has 18 heavy (non-hydrogen) atoms. The average Bonchev–Trinajstić information content (AvgIpc) is 2.30. The topological polar surface area (TPSA) is 55.6 Å². The smallest absolute Gasteiger partial charge is 0.248 e. The summed E-state index contributed by atoms with van der Waals surface area (Å²) in [5, 5.41) is 0. The number of carbonyl (C=O) groups is 1. The van der Waals surface area contributed by atoms with Crippen LogP contribution in [0.3, 0.4) is 0 Å². The van der Waals surface area contributed by atoms with Crippen LogP contribution in [0.25, 0.3) is 0 Å². The number of ether oxygens (including phenoxy) is 1. The van der Waals surface area contributed by atoms with Gasteiger partial charge in [-0.05, 0) is 18.8 Å². The van der Waals surface area contributed by atoms with Crippen molar-refractivity contribution >= 4 is 18.3 Å². The van der Waals surface area contributed by atoms with Crippen molar-refractivity contribution in [2.45, 2.75) is 46.1 Å². The number of amides is 1. The zero-order chi connectivity index (χ0) is 13.3. The highest BCUT2D eigenvalue weighted by Gasteiger charge is 2.12. The molecule has 0 aromatic rings. The van der Waals surface area contributed by atoms with E-state index in [1.807, 2.05) is 0 Å². The largest absolute Gasteiger partial charge is 0.372 e. The van der Waals surface area contributed by atoms with Gasteiger partial charge in [-0.1, -0.05) is 27.2 Å². The zero-order valence-corrected chi connectivity index (χ0v) is 13.0. The summed E-state index contributed by atoms with van der Waals surface area (Å²) in [5.41, 5.74) is 5.94. The molecule has 0 heterocycles. The van der Waals surface area contributed by atoms with E-state index < -0.39 is 0 Å². The highest BCUT2D eigenvalue weighted by molar-refractivity contribution is 5.85. The minimum atomic E-state index is 0. The molecule has 0 aromatic heterocycles. The van der Waals surface area contributed by atoms with E-state index in [0.29, 0.717) is 19.1 Å². The first-order valence-electron chi connectivity index (χ1n) is 6.56. The number of likely N-dealkylation sites (N-methyl/N-ethyl adjacent to an activating group) is 1. The molecule has 1 unspecified atom stereocenters. The summed E-state index contributed by atoms with van der Waals surface area (Å²) in [6.45, 7) is 7.86. The summed E-state index contributed by atoms with van der Waals surface area (Å²) in [6.07, 6.45) is 2.94. The van der Waals surface area contributed by atoms with Gasteiger partial charge in [0.1, 0.15) is 6.61 Å². The van der Waals surface area contributed by atoms with Crippen LogP contribution < -0.4 is 5.73 Å². The molecule has 0 aliphatic rings. The Labute approximate surface area is 118 Å². The lowest BCUT2D eigenvalue weighted by Crippen LogP contribution is -2.36. The summed E-state index contributed by atoms with van der Waals surface area (Å²) in [5.74, 6) is 0.497. The molecule has 0 saturated carbocycles. The molecule has 0 aromatic carbocycles. The maximum atomic E-state index is 11.6. The van der Waals surface area contributed by atoms with Gasteiger partial charge in [0.25, 0.3) is 0 Å². The van der Waals surface area contributed by atoms with Gasteiger partial charge in [0.2, 0.25) is 5.91 Å². The van der Waals surface area contributed by atoms with Gasteiger partial charge < -0.3 is 15.4 Å². The Balaban J connectivity index is 0. The molecule has 0 radical (unpaired) electrons. The van der Waals surface area contributed by atoms with Crippen LogP contribution in [0.5, 0.6) is 0 Å². The third kappa shape index (κ3) is 9.68. The van der Waals surface area contributed by atoms with Crippen LogP contribution in [-0.4, -0.2) is 43.7 Å². The molecule has 0 bridgehead atoms. The number of hydrogen-bond acceptors (Lipinski definition) is 3. The number of nitrogens with zero attached hydrogens (tertiary/aromatic N) is 1. The summed E-state index contributed by atoms with van der Waals surface area (Å²) in [6, 6.07) is 0.159. The molecule has 0 saturated heterocycles. The predicted octanol–water partition coefficient (Wildman–Crippen LogP) is 2.06. The van der Waals surface area contributed by atoms with E-state index in [2.05, 4.69) is 20.8 Å². The second kappa shape index (κ2) is 11.8. The molecule has 0 spiro atoms. The fourth-order valence-electron chi connectivity index (χ4n) is 1.32. The molecule has 4 nitrogen and oxygen atoms in total. The Hall–Kier alpha value is -0.320. The van der Waals surface area contributed by atoms with Crippen molar-refractivity contribution in [3.05, 3.63) is 0 Å². The van der Waals surface area contributed by atoms with Crippen LogP contribution in [0.15, 0.2) is 0 Å². The molecule has 1 atom stereocenters. The number of unbranched alkanes of at least 4 members (excludes halogenated alkanes) is 1. The predicted molar refractivity (Wildman–Crippen MR) is 78.0 cm³/mol. The standard InChI is InChI=1S/C13H28N2O2.ClH/c1-5-6-9-17-10-13(16)15(4)8-7-12(14)11(2)3;/h11-12H,5-10,14H2,1-4H3;1H. The first-order chi connectivity index (χ1) is 7.99. The van der Waals surface area contributed by atoms with Crippen molar-refractivity contribution in [2.75, 3.05) is 26.8 Å². The molecule has 1 amide bonds. The molecule has 110 valence electrons. The number of hydrogen-bond donors (Lipinski definition) is 1. The fourth-order valence-corrected chi connectivity index (χ4v) is 1.32. The van der Waals surface area contributed by atoms with Crippen molar-refractivity contribution in [1.82, 2.24) is 4.90 Å². The summed E-state index contributed by atoms with van der Waals surface area (Å²) < 4.78 is 5.29. The van der Waals surface area contributed by atoms with Gasteiger partial charge in [0, 0.05) is 26.2 Å². The van der Waals surface area contributed by atoms with Gasteiger partial charge in [-0.3, -0.25) is 4.79 Å². The lowest BCUT2D eigenvalue weighted by Gasteiger charge is -2.21. The molecule has 0 aliphatic heterocycles. The second-order valence-electron chi connectivity index (χ2n) is 4.92. The van der Waals surface area contributed by atoms with Gasteiger partial charge >= 0.3 is 0 Å². The highest BCUT2D eigenvalue weighted by atomic mass is 35.5. The maximum Gasteiger partial charge on any atom is 0.248 e. The summed E-state index contributed by atoms with van der Waals surface area (Å²) in [7, 11) is 1.80. The minimum absolute atomic E-state index is 0. The van der Waals surface area contributed by atoms with E-state index in [1.165, 1.54) is 0 Å². The van der Waals surface area contributed by atoms with Crippen LogP contribution in [0.1, 0.15) is 40.0 Å². The lowest BCUT2D eigenvalue weighted by atomic mass is 10.0. The monoisotopic (exact) mass is 280 g/mol. The van der Waals surface area contributed by atoms with Gasteiger partial charge in [-0.15, -0.1) is 12.4 Å². The maximum absolute atomic E-state index is 11.6. The van der Waals surface area contributed by atoms with E-state index in [-0.39, 0.29) is 31.0 Å². The Kier molecular flexibility index (Phi) is 13.1. The van der Waals surface area contributed by atoms with E-state index in [9.17, 15) is 4.79 Å². The fraction of sp³-hybridized carbons (Fsp3) is 0.923. The molecule has 0 fully saturated rings. The van der Waals surface area contributed by atoms with Gasteiger partial charge in [-0.2, -0.15) is 0 Å². The van der Waals surface area contributed by atoms with Gasteiger partial charge in [0.15, 0.2) is 0 Å². The molecular weight excluding hydrogens is 252 g/mol. The van der Waals surface area contributed by atoms with E-state index in [4.69, 9.17) is 10.5 Å². The number of carbonyl (C=O) groups excluding carboxylic acids is 1. The van der Waals surface area contributed by atoms with Crippen molar-refractivity contribution in [2.24, 2.45) is 11.7 Å². The molecule has 0 aliphatic carbocycles. The van der Waals surface area contributed by atoms with Crippen molar-refractivity contribution in [1.29, 1.82) is 0 Å². The van der Waals surface area contributed by atoms with E-state index in [1.54, 1.807) is 11.9 Å². The van der Waals surface area contributed by atoms with Gasteiger partial charge in [-0.25, -0.2) is 0 Å². The number of nitrogens with two attached hydrogens (primary N) is 1. The third-order valence-electron chi connectivity index (χ3n) is 2.95. The van der Waals surface area contributed by atoms with Crippen LogP contribution in [-0.2, 0) is 9.53 Å². The Bertz CT molecular complexity index is 213. The SMILES string of the molecule is CCCCOCC(=O)N(C)CCC(N)C(C)C.Cl. The van der Waals surface area contributed by atoms with Crippen molar-refractivity contribution < 1.29 is 9.53 Å². The minimum Gasteiger partial charge on any atom is -0.372 e.